The molecule has 1 N–H and O–H groups in total. The number of allylic oxidation sites excluding steroid dienone is 1. The first kappa shape index (κ1) is 26.7. The van der Waals surface area contributed by atoms with Gasteiger partial charge in [0.25, 0.3) is 0 Å². The zero-order valence-corrected chi connectivity index (χ0v) is 20.2. The molecule has 1 unspecified atom stereocenters. The van der Waals surface area contributed by atoms with Crippen molar-refractivity contribution < 1.29 is 33.7 Å². The van der Waals surface area contributed by atoms with Gasteiger partial charge in [-0.25, -0.2) is 19.3 Å². The van der Waals surface area contributed by atoms with Crippen LogP contribution in [-0.2, 0) is 14.2 Å². The van der Waals surface area contributed by atoms with E-state index >= 15 is 0 Å². The van der Waals surface area contributed by atoms with Gasteiger partial charge in [-0.1, -0.05) is 12.2 Å². The average Bonchev–Trinajstić information content (AvgIpc) is 2.85. The predicted molar refractivity (Wildman–Crippen MR) is 116 cm³/mol. The fraction of sp³-hybridized carbons (Fsp3) is 0.773. The summed E-state index contributed by atoms with van der Waals surface area (Å²) in [4.78, 5) is 39.5. The molecule has 9 heteroatoms. The van der Waals surface area contributed by atoms with Crippen LogP contribution >= 0.6 is 0 Å². The zero-order chi connectivity index (χ0) is 24.2. The predicted octanol–water partition coefficient (Wildman–Crippen LogP) is 4.86. The summed E-state index contributed by atoms with van der Waals surface area (Å²) in [7, 11) is 0. The van der Waals surface area contributed by atoms with Crippen molar-refractivity contribution in [2.45, 2.75) is 91.7 Å². The second-order valence-electron chi connectivity index (χ2n) is 10.1. The molecule has 1 rings (SSSR count). The smallest absolute Gasteiger partial charge is 0.419 e. The number of carboxylic acid groups (broad SMARTS) is 1. The molecule has 0 aromatic carbocycles. The molecule has 0 radical (unpaired) electrons. The molecule has 0 spiro atoms. The minimum atomic E-state index is -1.09. The molecule has 1 aliphatic rings. The Hall–Kier alpha value is -2.29. The van der Waals surface area contributed by atoms with Crippen LogP contribution in [0.25, 0.3) is 0 Å². The topological polar surface area (TPSA) is 106 Å². The molecule has 0 aromatic heterocycles. The third kappa shape index (κ3) is 8.05. The van der Waals surface area contributed by atoms with Gasteiger partial charge in [0.05, 0.1) is 12.6 Å². The summed E-state index contributed by atoms with van der Waals surface area (Å²) >= 11 is 0. The summed E-state index contributed by atoms with van der Waals surface area (Å²) in [6.45, 7) is 15.7. The van der Waals surface area contributed by atoms with Gasteiger partial charge in [0.2, 0.25) is 0 Å². The summed E-state index contributed by atoms with van der Waals surface area (Å²) in [6.07, 6.45) is 1.31. The number of hydrogen-bond donors (Lipinski definition) is 1. The molecule has 0 aliphatic carbocycles. The average molecular weight is 443 g/mol. The maximum atomic E-state index is 12.7. The highest BCUT2D eigenvalue weighted by atomic mass is 16.6. The van der Waals surface area contributed by atoms with Gasteiger partial charge in [0, 0.05) is 12.5 Å². The van der Waals surface area contributed by atoms with Gasteiger partial charge >= 0.3 is 18.3 Å². The molecule has 0 bridgehead atoms. The standard InChI is InChI=1S/C22H38N2O7/c1-10-11-15(16-14-29-22(8,9)24(16)17(25)26)12-13-23(18(27)30-20(2,3)4)19(28)31-21(5,6)7/h10-11,15-16H,12-14H2,1-9H3,(H,25,26)/t15-,16?/m1/s1. The van der Waals surface area contributed by atoms with Crippen molar-refractivity contribution in [3.05, 3.63) is 12.2 Å². The van der Waals surface area contributed by atoms with Gasteiger partial charge in [0.1, 0.15) is 16.9 Å². The molecule has 1 heterocycles. The summed E-state index contributed by atoms with van der Waals surface area (Å²) in [5.74, 6) is -0.282. The van der Waals surface area contributed by atoms with Gasteiger partial charge in [-0.15, -0.1) is 0 Å². The van der Waals surface area contributed by atoms with Crippen LogP contribution in [0.3, 0.4) is 0 Å². The van der Waals surface area contributed by atoms with E-state index in [9.17, 15) is 19.5 Å². The van der Waals surface area contributed by atoms with Crippen LogP contribution in [0.4, 0.5) is 14.4 Å². The molecule has 2 atom stereocenters. The van der Waals surface area contributed by atoms with Crippen molar-refractivity contribution in [3.8, 4) is 0 Å². The number of ether oxygens (including phenoxy) is 3. The van der Waals surface area contributed by atoms with Crippen LogP contribution < -0.4 is 0 Å². The van der Waals surface area contributed by atoms with E-state index in [4.69, 9.17) is 14.2 Å². The van der Waals surface area contributed by atoms with Crippen molar-refractivity contribution in [1.29, 1.82) is 0 Å². The Morgan fingerprint density at radius 2 is 1.61 bits per heavy atom. The number of imide groups is 1. The lowest BCUT2D eigenvalue weighted by molar-refractivity contribution is -0.0433. The van der Waals surface area contributed by atoms with Crippen molar-refractivity contribution in [3.63, 3.8) is 0 Å². The van der Waals surface area contributed by atoms with Gasteiger partial charge in [-0.2, -0.15) is 0 Å². The summed E-state index contributed by atoms with van der Waals surface area (Å²) in [5, 5.41) is 9.71. The number of hydrogen-bond acceptors (Lipinski definition) is 6. The minimum absolute atomic E-state index is 0.00320. The second-order valence-corrected chi connectivity index (χ2v) is 10.1. The molecule has 31 heavy (non-hydrogen) atoms. The van der Waals surface area contributed by atoms with E-state index < -0.39 is 41.2 Å². The zero-order valence-electron chi connectivity index (χ0n) is 20.2. The van der Waals surface area contributed by atoms with E-state index in [1.54, 1.807) is 55.4 Å². The van der Waals surface area contributed by atoms with Crippen molar-refractivity contribution in [2.75, 3.05) is 13.2 Å². The highest BCUT2D eigenvalue weighted by Gasteiger charge is 2.46. The molecular formula is C22H38N2O7. The second kappa shape index (κ2) is 9.89. The first-order chi connectivity index (χ1) is 14.0. The Morgan fingerprint density at radius 3 is 2.00 bits per heavy atom. The molecular weight excluding hydrogens is 404 g/mol. The monoisotopic (exact) mass is 442 g/mol. The first-order valence-corrected chi connectivity index (χ1v) is 10.5. The maximum absolute atomic E-state index is 12.7. The van der Waals surface area contributed by atoms with Crippen LogP contribution in [0.15, 0.2) is 12.2 Å². The molecule has 0 saturated carbocycles. The Bertz CT molecular complexity index is 661. The summed E-state index contributed by atoms with van der Waals surface area (Å²) < 4.78 is 16.5. The highest BCUT2D eigenvalue weighted by molar-refractivity contribution is 5.88. The quantitative estimate of drug-likeness (QED) is 0.606. The SMILES string of the molecule is CC=C[C@H](CCN(C(=O)OC(C)(C)C)C(=O)OC(C)(C)C)C1COC(C)(C)N1C(=O)O. The number of amides is 3. The third-order valence-electron chi connectivity index (χ3n) is 4.57. The molecule has 178 valence electrons. The van der Waals surface area contributed by atoms with Gasteiger partial charge in [-0.3, -0.25) is 4.90 Å². The van der Waals surface area contributed by atoms with E-state index in [1.807, 2.05) is 19.1 Å². The van der Waals surface area contributed by atoms with E-state index in [2.05, 4.69) is 0 Å². The Labute approximate surface area is 185 Å². The summed E-state index contributed by atoms with van der Waals surface area (Å²) in [6, 6.07) is -0.456. The molecule has 1 saturated heterocycles. The maximum Gasteiger partial charge on any atom is 0.419 e. The van der Waals surface area contributed by atoms with E-state index in [0.717, 1.165) is 4.90 Å². The number of carbonyl (C=O) groups excluding carboxylic acids is 2. The summed E-state index contributed by atoms with van der Waals surface area (Å²) in [5.41, 5.74) is -2.54. The fourth-order valence-corrected chi connectivity index (χ4v) is 3.35. The Balaban J connectivity index is 3.09. The molecule has 0 aromatic rings. The Morgan fingerprint density at radius 1 is 1.13 bits per heavy atom. The van der Waals surface area contributed by atoms with E-state index in [0.29, 0.717) is 6.42 Å². The normalized spacial score (nSPS) is 19.9. The van der Waals surface area contributed by atoms with Crippen LogP contribution in [0.1, 0.15) is 68.7 Å². The largest absolute Gasteiger partial charge is 0.465 e. The van der Waals surface area contributed by atoms with Crippen molar-refractivity contribution in [2.24, 2.45) is 5.92 Å². The molecule has 9 nitrogen and oxygen atoms in total. The van der Waals surface area contributed by atoms with Gasteiger partial charge < -0.3 is 19.3 Å². The van der Waals surface area contributed by atoms with Crippen molar-refractivity contribution in [1.82, 2.24) is 9.80 Å². The van der Waals surface area contributed by atoms with Crippen LogP contribution in [-0.4, -0.2) is 69.3 Å². The van der Waals surface area contributed by atoms with Crippen LogP contribution in [0.5, 0.6) is 0 Å². The lowest BCUT2D eigenvalue weighted by Gasteiger charge is -2.34. The van der Waals surface area contributed by atoms with E-state index in [1.165, 1.54) is 4.90 Å². The molecule has 1 aliphatic heterocycles. The fourth-order valence-electron chi connectivity index (χ4n) is 3.35. The Kier molecular flexibility index (Phi) is 8.53. The molecule has 1 fully saturated rings. The van der Waals surface area contributed by atoms with Crippen LogP contribution in [0.2, 0.25) is 0 Å². The van der Waals surface area contributed by atoms with Gasteiger partial charge in [0.15, 0.2) is 0 Å². The lowest BCUT2D eigenvalue weighted by atomic mass is 9.94. The number of nitrogens with zero attached hydrogens (tertiary/aromatic N) is 2. The lowest BCUT2D eigenvalue weighted by Crippen LogP contribution is -2.50. The first-order valence-electron chi connectivity index (χ1n) is 10.5. The minimum Gasteiger partial charge on any atom is -0.465 e. The molecule has 3 amide bonds. The van der Waals surface area contributed by atoms with Gasteiger partial charge in [-0.05, 0) is 68.7 Å². The van der Waals surface area contributed by atoms with Crippen LogP contribution in [0, 0.1) is 5.92 Å². The number of carbonyl (C=O) groups is 3. The van der Waals surface area contributed by atoms with E-state index in [-0.39, 0.29) is 19.1 Å². The van der Waals surface area contributed by atoms with Crippen molar-refractivity contribution >= 4 is 18.3 Å². The highest BCUT2D eigenvalue weighted by Crippen LogP contribution is 2.33. The number of rotatable bonds is 5. The third-order valence-corrected chi connectivity index (χ3v) is 4.57.